The summed E-state index contributed by atoms with van der Waals surface area (Å²) in [4.78, 5) is 22.4. The summed E-state index contributed by atoms with van der Waals surface area (Å²) in [5.74, 6) is 0.501. The summed E-state index contributed by atoms with van der Waals surface area (Å²) in [7, 11) is 0. The fraction of sp³-hybridized carbons (Fsp3) is 0.143. The van der Waals surface area contributed by atoms with Crippen LogP contribution in [-0.2, 0) is 6.54 Å². The van der Waals surface area contributed by atoms with Crippen LogP contribution in [0.15, 0.2) is 51.9 Å². The average molecular weight is 322 g/mol. The molecule has 1 aromatic heterocycles. The van der Waals surface area contributed by atoms with Crippen LogP contribution in [0.5, 0.6) is 5.75 Å². The molecule has 0 unspecified atom stereocenters. The number of pyridine rings is 1. The number of aldehydes is 1. The number of para-hydroxylation sites is 1. The lowest BCUT2D eigenvalue weighted by Gasteiger charge is -2.11. The Morgan fingerprint density at radius 1 is 1.21 bits per heavy atom. The molecule has 0 saturated heterocycles. The lowest BCUT2D eigenvalue weighted by atomic mass is 10.2. The van der Waals surface area contributed by atoms with E-state index >= 15 is 0 Å². The van der Waals surface area contributed by atoms with Crippen LogP contribution >= 0.6 is 15.9 Å². The molecule has 4 nitrogen and oxygen atoms in total. The normalized spacial score (nSPS) is 10.2. The molecule has 2 aromatic rings. The molecule has 0 bridgehead atoms. The molecule has 0 atom stereocenters. The van der Waals surface area contributed by atoms with Gasteiger partial charge in [-0.3, -0.25) is 9.59 Å². The Labute approximate surface area is 118 Å². The molecular formula is C14H12BrNO3. The SMILES string of the molecule is O=Cc1cccc(Br)c1OCCn1ccccc1=O. The third-order valence-corrected chi connectivity index (χ3v) is 3.23. The van der Waals surface area contributed by atoms with Crippen molar-refractivity contribution < 1.29 is 9.53 Å². The Morgan fingerprint density at radius 3 is 2.79 bits per heavy atom. The molecule has 5 heteroatoms. The van der Waals surface area contributed by atoms with Gasteiger partial charge in [-0.2, -0.15) is 0 Å². The van der Waals surface area contributed by atoms with E-state index in [9.17, 15) is 9.59 Å². The quantitative estimate of drug-likeness (QED) is 0.795. The highest BCUT2D eigenvalue weighted by atomic mass is 79.9. The van der Waals surface area contributed by atoms with E-state index in [4.69, 9.17) is 4.74 Å². The summed E-state index contributed by atoms with van der Waals surface area (Å²) in [6.07, 6.45) is 2.45. The van der Waals surface area contributed by atoms with Gasteiger partial charge in [0.05, 0.1) is 16.6 Å². The zero-order chi connectivity index (χ0) is 13.7. The summed E-state index contributed by atoms with van der Waals surface area (Å²) in [6, 6.07) is 10.2. The van der Waals surface area contributed by atoms with Gasteiger partial charge in [0.1, 0.15) is 12.4 Å². The number of hydrogen-bond acceptors (Lipinski definition) is 3. The van der Waals surface area contributed by atoms with Crippen molar-refractivity contribution in [3.05, 3.63) is 63.0 Å². The van der Waals surface area contributed by atoms with Crippen LogP contribution in [0.4, 0.5) is 0 Å². The third-order valence-electron chi connectivity index (χ3n) is 2.60. The van der Waals surface area contributed by atoms with Crippen molar-refractivity contribution in [1.29, 1.82) is 0 Å². The van der Waals surface area contributed by atoms with Gasteiger partial charge in [-0.15, -0.1) is 0 Å². The predicted octanol–water partition coefficient (Wildman–Crippen LogP) is 2.50. The Morgan fingerprint density at radius 2 is 2.05 bits per heavy atom. The molecule has 0 aliphatic heterocycles. The summed E-state index contributed by atoms with van der Waals surface area (Å²) in [5, 5.41) is 0. The van der Waals surface area contributed by atoms with Gasteiger partial charge in [0.2, 0.25) is 0 Å². The van der Waals surface area contributed by atoms with Gasteiger partial charge < -0.3 is 9.30 Å². The molecule has 0 amide bonds. The first-order valence-electron chi connectivity index (χ1n) is 5.74. The number of nitrogens with zero attached hydrogens (tertiary/aromatic N) is 1. The number of ether oxygens (including phenoxy) is 1. The second kappa shape index (κ2) is 6.33. The lowest BCUT2D eigenvalue weighted by molar-refractivity contribution is 0.111. The highest BCUT2D eigenvalue weighted by molar-refractivity contribution is 9.10. The molecule has 1 heterocycles. The molecule has 19 heavy (non-hydrogen) atoms. The Balaban J connectivity index is 2.06. The van der Waals surface area contributed by atoms with Crippen molar-refractivity contribution in [2.24, 2.45) is 0 Å². The topological polar surface area (TPSA) is 48.3 Å². The van der Waals surface area contributed by atoms with Crippen LogP contribution < -0.4 is 10.3 Å². The Bertz CT molecular complexity index is 637. The molecular weight excluding hydrogens is 310 g/mol. The first-order valence-corrected chi connectivity index (χ1v) is 6.53. The minimum absolute atomic E-state index is 0.0751. The first kappa shape index (κ1) is 13.5. The van der Waals surface area contributed by atoms with Gasteiger partial charge in [0.15, 0.2) is 6.29 Å². The standard InChI is InChI=1S/C14H12BrNO3/c15-12-5-3-4-11(10-17)14(12)19-9-8-16-7-2-1-6-13(16)18/h1-7,10H,8-9H2. The molecule has 0 N–H and O–H groups in total. The molecule has 2 rings (SSSR count). The highest BCUT2D eigenvalue weighted by Crippen LogP contribution is 2.27. The van der Waals surface area contributed by atoms with Crippen molar-refractivity contribution in [3.8, 4) is 5.75 Å². The van der Waals surface area contributed by atoms with Gasteiger partial charge in [0.25, 0.3) is 5.56 Å². The molecule has 0 aliphatic rings. The number of aromatic nitrogens is 1. The van der Waals surface area contributed by atoms with Crippen LogP contribution in [0.1, 0.15) is 10.4 Å². The number of carbonyl (C=O) groups excluding carboxylic acids is 1. The van der Waals surface area contributed by atoms with Gasteiger partial charge >= 0.3 is 0 Å². The molecule has 0 saturated carbocycles. The maximum Gasteiger partial charge on any atom is 0.250 e. The average Bonchev–Trinajstić information content (AvgIpc) is 2.42. The first-order chi connectivity index (χ1) is 9.22. The van der Waals surface area contributed by atoms with E-state index in [1.54, 1.807) is 41.1 Å². The van der Waals surface area contributed by atoms with Gasteiger partial charge in [0, 0.05) is 12.3 Å². The van der Waals surface area contributed by atoms with Crippen LogP contribution in [0.3, 0.4) is 0 Å². The fourth-order valence-corrected chi connectivity index (χ4v) is 2.16. The number of halogens is 1. The van der Waals surface area contributed by atoms with E-state index in [1.807, 2.05) is 0 Å². The van der Waals surface area contributed by atoms with Crippen molar-refractivity contribution in [3.63, 3.8) is 0 Å². The maximum absolute atomic E-state index is 11.5. The second-order valence-corrected chi connectivity index (χ2v) is 4.71. The van der Waals surface area contributed by atoms with Crippen molar-refractivity contribution in [1.82, 2.24) is 4.57 Å². The van der Waals surface area contributed by atoms with E-state index in [0.717, 1.165) is 10.8 Å². The summed E-state index contributed by atoms with van der Waals surface area (Å²) < 4.78 is 7.85. The summed E-state index contributed by atoms with van der Waals surface area (Å²) >= 11 is 3.34. The monoisotopic (exact) mass is 321 g/mol. The molecule has 1 aromatic carbocycles. The number of benzene rings is 1. The van der Waals surface area contributed by atoms with Crippen LogP contribution in [0.2, 0.25) is 0 Å². The van der Waals surface area contributed by atoms with E-state index < -0.39 is 0 Å². The van der Waals surface area contributed by atoms with Gasteiger partial charge in [-0.25, -0.2) is 0 Å². The summed E-state index contributed by atoms with van der Waals surface area (Å²) in [5.41, 5.74) is 0.406. The molecule has 0 aliphatic carbocycles. The van der Waals surface area contributed by atoms with Crippen LogP contribution in [-0.4, -0.2) is 17.5 Å². The molecule has 0 spiro atoms. The lowest BCUT2D eigenvalue weighted by Crippen LogP contribution is -2.21. The number of carbonyl (C=O) groups is 1. The van der Waals surface area contributed by atoms with Crippen molar-refractivity contribution in [2.75, 3.05) is 6.61 Å². The molecule has 0 radical (unpaired) electrons. The summed E-state index contributed by atoms with van der Waals surface area (Å²) in [6.45, 7) is 0.743. The minimum atomic E-state index is -0.0751. The largest absolute Gasteiger partial charge is 0.490 e. The minimum Gasteiger partial charge on any atom is -0.490 e. The van der Waals surface area contributed by atoms with E-state index in [-0.39, 0.29) is 5.56 Å². The maximum atomic E-state index is 11.5. The van der Waals surface area contributed by atoms with E-state index in [1.165, 1.54) is 6.07 Å². The predicted molar refractivity (Wildman–Crippen MR) is 75.7 cm³/mol. The molecule has 98 valence electrons. The smallest absolute Gasteiger partial charge is 0.250 e. The van der Waals surface area contributed by atoms with Crippen LogP contribution in [0.25, 0.3) is 0 Å². The Kier molecular flexibility index (Phi) is 4.52. The fourth-order valence-electron chi connectivity index (χ4n) is 1.66. The van der Waals surface area contributed by atoms with E-state index in [0.29, 0.717) is 24.5 Å². The van der Waals surface area contributed by atoms with Gasteiger partial charge in [-0.05, 0) is 34.1 Å². The molecule has 0 fully saturated rings. The number of rotatable bonds is 5. The number of hydrogen-bond donors (Lipinski definition) is 0. The third kappa shape index (κ3) is 3.32. The van der Waals surface area contributed by atoms with Gasteiger partial charge in [-0.1, -0.05) is 12.1 Å². The van der Waals surface area contributed by atoms with E-state index in [2.05, 4.69) is 15.9 Å². The highest BCUT2D eigenvalue weighted by Gasteiger charge is 2.07. The Hall–Kier alpha value is -1.88. The van der Waals surface area contributed by atoms with Crippen molar-refractivity contribution in [2.45, 2.75) is 6.54 Å². The van der Waals surface area contributed by atoms with Crippen molar-refractivity contribution >= 4 is 22.2 Å². The van der Waals surface area contributed by atoms with Crippen LogP contribution in [0, 0.1) is 0 Å². The zero-order valence-corrected chi connectivity index (χ0v) is 11.7. The second-order valence-electron chi connectivity index (χ2n) is 3.86. The zero-order valence-electron chi connectivity index (χ0n) is 10.1.